The van der Waals surface area contributed by atoms with Crippen LogP contribution >= 0.6 is 23.4 Å². The molecule has 0 saturated carbocycles. The number of carbonyl (C=O) groups is 1. The van der Waals surface area contributed by atoms with Gasteiger partial charge in [0, 0.05) is 5.56 Å². The molecule has 0 bridgehead atoms. The molecule has 0 unspecified atom stereocenters. The molecule has 1 fully saturated rings. The summed E-state index contributed by atoms with van der Waals surface area (Å²) in [5, 5.41) is 22.2. The first kappa shape index (κ1) is 19.9. The number of thioether (sulfide) groups is 1. The molecule has 8 heteroatoms. The van der Waals surface area contributed by atoms with Crippen LogP contribution in [0.2, 0.25) is 5.02 Å². The number of azo groups is 1. The maximum absolute atomic E-state index is 12.3. The summed E-state index contributed by atoms with van der Waals surface area (Å²) >= 11 is 7.29. The maximum Gasteiger partial charge on any atom is 0.264 e. The van der Waals surface area contributed by atoms with Gasteiger partial charge in [-0.2, -0.15) is 5.11 Å². The number of carbonyl (C=O) groups excluding carboxylic acids is 1. The number of nitrogens with one attached hydrogen (secondary N) is 1. The summed E-state index contributed by atoms with van der Waals surface area (Å²) in [5.74, 6) is -0.252. The third-order valence-electron chi connectivity index (χ3n) is 4.06. The lowest BCUT2D eigenvalue weighted by atomic mass is 10.1. The van der Waals surface area contributed by atoms with Gasteiger partial charge in [0.15, 0.2) is 5.17 Å². The second kappa shape index (κ2) is 8.94. The average Bonchev–Trinajstić information content (AvgIpc) is 3.09. The second-order valence-electron chi connectivity index (χ2n) is 6.21. The van der Waals surface area contributed by atoms with Crippen LogP contribution in [0.15, 0.2) is 92.9 Å². The first-order valence-electron chi connectivity index (χ1n) is 8.92. The zero-order valence-electron chi connectivity index (χ0n) is 15.5. The van der Waals surface area contributed by atoms with E-state index in [2.05, 4.69) is 20.5 Å². The monoisotopic (exact) mass is 434 g/mol. The minimum Gasteiger partial charge on any atom is -0.507 e. The van der Waals surface area contributed by atoms with Crippen LogP contribution in [0.4, 0.5) is 17.1 Å². The molecule has 1 saturated heterocycles. The maximum atomic E-state index is 12.3. The lowest BCUT2D eigenvalue weighted by molar-refractivity contribution is -0.115. The highest BCUT2D eigenvalue weighted by atomic mass is 35.5. The van der Waals surface area contributed by atoms with Crippen molar-refractivity contribution in [1.29, 1.82) is 0 Å². The van der Waals surface area contributed by atoms with Crippen LogP contribution in [0.25, 0.3) is 6.08 Å². The Kier molecular flexibility index (Phi) is 5.92. The molecule has 2 N–H and O–H groups in total. The fourth-order valence-corrected chi connectivity index (χ4v) is 3.61. The number of phenolic OH excluding ortho intramolecular Hbond substituents is 1. The van der Waals surface area contributed by atoms with Crippen LogP contribution in [0.3, 0.4) is 0 Å². The lowest BCUT2D eigenvalue weighted by Gasteiger charge is -2.01. The summed E-state index contributed by atoms with van der Waals surface area (Å²) in [4.78, 5) is 17.1. The number of hydrogen-bond acceptors (Lipinski definition) is 6. The average molecular weight is 435 g/mol. The van der Waals surface area contributed by atoms with Gasteiger partial charge < -0.3 is 10.4 Å². The number of halogens is 1. The Morgan fingerprint density at radius 1 is 0.933 bits per heavy atom. The number of nitrogens with zero attached hydrogens (tertiary/aromatic N) is 3. The number of rotatable bonds is 4. The molecule has 0 radical (unpaired) electrons. The predicted octanol–water partition coefficient (Wildman–Crippen LogP) is 6.35. The Balaban J connectivity index is 1.57. The van der Waals surface area contributed by atoms with Gasteiger partial charge in [-0.05, 0) is 60.3 Å². The third kappa shape index (κ3) is 4.76. The van der Waals surface area contributed by atoms with Gasteiger partial charge in [-0.3, -0.25) is 4.79 Å². The Morgan fingerprint density at radius 3 is 2.50 bits per heavy atom. The van der Waals surface area contributed by atoms with Crippen molar-refractivity contribution in [1.82, 2.24) is 5.32 Å². The fourth-order valence-electron chi connectivity index (χ4n) is 2.61. The van der Waals surface area contributed by atoms with E-state index in [1.165, 1.54) is 17.8 Å². The topological polar surface area (TPSA) is 86.4 Å². The number of amides is 1. The van der Waals surface area contributed by atoms with Crippen molar-refractivity contribution in [2.45, 2.75) is 0 Å². The molecular formula is C22H15ClN4O2S. The van der Waals surface area contributed by atoms with Crippen molar-refractivity contribution >= 4 is 57.6 Å². The van der Waals surface area contributed by atoms with E-state index in [0.29, 0.717) is 32.0 Å². The van der Waals surface area contributed by atoms with E-state index in [0.717, 1.165) is 5.69 Å². The molecule has 0 aliphatic carbocycles. The largest absolute Gasteiger partial charge is 0.507 e. The smallest absolute Gasteiger partial charge is 0.264 e. The molecule has 3 aromatic carbocycles. The van der Waals surface area contributed by atoms with Gasteiger partial charge in [-0.1, -0.05) is 41.9 Å². The van der Waals surface area contributed by atoms with Gasteiger partial charge in [0.05, 0.1) is 21.3 Å². The zero-order valence-corrected chi connectivity index (χ0v) is 17.1. The molecule has 1 aliphatic rings. The summed E-state index contributed by atoms with van der Waals surface area (Å²) in [6, 6.07) is 21.2. The Morgan fingerprint density at radius 2 is 1.70 bits per heavy atom. The Bertz CT molecular complexity index is 1190. The highest BCUT2D eigenvalue weighted by molar-refractivity contribution is 8.18. The van der Waals surface area contributed by atoms with Gasteiger partial charge in [-0.25, -0.2) is 4.99 Å². The van der Waals surface area contributed by atoms with Crippen LogP contribution in [-0.4, -0.2) is 16.2 Å². The predicted molar refractivity (Wildman–Crippen MR) is 121 cm³/mol. The lowest BCUT2D eigenvalue weighted by Crippen LogP contribution is -2.19. The van der Waals surface area contributed by atoms with E-state index in [-0.39, 0.29) is 11.7 Å². The standard InChI is InChI=1S/C22H15ClN4O2S/c23-17-8-4-5-9-18(17)27-26-16-10-11-19(28)14(12-16)13-20-21(29)25-22(30-20)24-15-6-2-1-3-7-15/h1-13,28H,(H,24,25,29)/b20-13+,27-26?. The molecule has 1 amide bonds. The van der Waals surface area contributed by atoms with Gasteiger partial charge in [0.1, 0.15) is 11.4 Å². The number of hydrogen-bond donors (Lipinski definition) is 2. The summed E-state index contributed by atoms with van der Waals surface area (Å²) in [7, 11) is 0. The first-order chi connectivity index (χ1) is 14.6. The molecule has 4 rings (SSSR count). The van der Waals surface area contributed by atoms with E-state index in [4.69, 9.17) is 11.6 Å². The van der Waals surface area contributed by atoms with Gasteiger partial charge in [0.25, 0.3) is 5.91 Å². The minimum atomic E-state index is -0.280. The number of benzene rings is 3. The van der Waals surface area contributed by atoms with Crippen molar-refractivity contribution < 1.29 is 9.90 Å². The van der Waals surface area contributed by atoms with E-state index in [1.807, 2.05) is 42.5 Å². The van der Waals surface area contributed by atoms with E-state index < -0.39 is 0 Å². The van der Waals surface area contributed by atoms with Crippen LogP contribution in [0.1, 0.15) is 5.56 Å². The number of aromatic hydroxyl groups is 1. The molecule has 3 aromatic rings. The van der Waals surface area contributed by atoms with Crippen molar-refractivity contribution in [3.05, 3.63) is 88.3 Å². The van der Waals surface area contributed by atoms with Gasteiger partial charge >= 0.3 is 0 Å². The second-order valence-corrected chi connectivity index (χ2v) is 7.65. The molecule has 1 aliphatic heterocycles. The molecular weight excluding hydrogens is 420 g/mol. The summed E-state index contributed by atoms with van der Waals surface area (Å²) in [6.45, 7) is 0. The van der Waals surface area contributed by atoms with Crippen LogP contribution in [-0.2, 0) is 4.79 Å². The number of aliphatic imine (C=N–C) groups is 1. The van der Waals surface area contributed by atoms with Crippen molar-refractivity contribution in [2.75, 3.05) is 0 Å². The summed E-state index contributed by atoms with van der Waals surface area (Å²) < 4.78 is 0. The number of amidine groups is 1. The molecule has 0 aromatic heterocycles. The van der Waals surface area contributed by atoms with Gasteiger partial charge in [0.2, 0.25) is 0 Å². The Hall–Kier alpha value is -3.42. The molecule has 1 heterocycles. The third-order valence-corrected chi connectivity index (χ3v) is 5.29. The first-order valence-corrected chi connectivity index (χ1v) is 10.1. The summed E-state index contributed by atoms with van der Waals surface area (Å²) in [5.41, 5.74) is 2.25. The SMILES string of the molecule is O=C1NC(=Nc2ccccc2)S/C1=C/c1cc(N=Nc2ccccc2Cl)ccc1O. The van der Waals surface area contributed by atoms with Crippen LogP contribution in [0.5, 0.6) is 5.75 Å². The molecule has 30 heavy (non-hydrogen) atoms. The van der Waals surface area contributed by atoms with E-state index >= 15 is 0 Å². The normalized spacial score (nSPS) is 16.5. The minimum absolute atomic E-state index is 0.0287. The fraction of sp³-hybridized carbons (Fsp3) is 0. The number of phenols is 1. The van der Waals surface area contributed by atoms with Crippen LogP contribution < -0.4 is 5.32 Å². The number of para-hydroxylation sites is 1. The van der Waals surface area contributed by atoms with E-state index in [9.17, 15) is 9.90 Å². The highest BCUT2D eigenvalue weighted by Crippen LogP contribution is 2.33. The Labute approximate surface area is 182 Å². The quantitative estimate of drug-likeness (QED) is 0.370. The highest BCUT2D eigenvalue weighted by Gasteiger charge is 2.24. The van der Waals surface area contributed by atoms with Crippen molar-refractivity contribution in [3.63, 3.8) is 0 Å². The molecule has 148 valence electrons. The summed E-state index contributed by atoms with van der Waals surface area (Å²) in [6.07, 6.45) is 1.59. The van der Waals surface area contributed by atoms with Crippen LogP contribution in [0, 0.1) is 0 Å². The van der Waals surface area contributed by atoms with E-state index in [1.54, 1.807) is 30.3 Å². The van der Waals surface area contributed by atoms with Crippen molar-refractivity contribution in [3.8, 4) is 5.75 Å². The van der Waals surface area contributed by atoms with Crippen molar-refractivity contribution in [2.24, 2.45) is 15.2 Å². The molecule has 0 atom stereocenters. The molecule has 6 nitrogen and oxygen atoms in total. The van der Waals surface area contributed by atoms with Gasteiger partial charge in [-0.15, -0.1) is 5.11 Å². The molecule has 0 spiro atoms. The zero-order chi connectivity index (χ0) is 20.9.